The quantitative estimate of drug-likeness (QED) is 0.829. The third kappa shape index (κ3) is 4.34. The van der Waals surface area contributed by atoms with Gasteiger partial charge in [-0.1, -0.05) is 12.1 Å². The number of methoxy groups -OCH3 is 1. The molecule has 0 bridgehead atoms. The molecule has 1 fully saturated rings. The number of hydrogen-bond donors (Lipinski definition) is 1. The van der Waals surface area contributed by atoms with Gasteiger partial charge in [-0.15, -0.1) is 0 Å². The first-order valence-corrected chi connectivity index (χ1v) is 10.5. The first-order chi connectivity index (χ1) is 13.3. The summed E-state index contributed by atoms with van der Waals surface area (Å²) in [4.78, 5) is 14.2. The molecule has 0 unspecified atom stereocenters. The van der Waals surface area contributed by atoms with Crippen molar-refractivity contribution in [3.05, 3.63) is 59.4 Å². The Bertz CT molecular complexity index is 970. The molecule has 1 saturated heterocycles. The van der Waals surface area contributed by atoms with E-state index in [4.69, 9.17) is 4.74 Å². The molecule has 0 saturated carbocycles. The predicted molar refractivity (Wildman–Crippen MR) is 103 cm³/mol. The van der Waals surface area contributed by atoms with E-state index in [-0.39, 0.29) is 22.4 Å². The molecule has 3 rings (SSSR count). The van der Waals surface area contributed by atoms with Crippen LogP contribution in [0.3, 0.4) is 0 Å². The Hall–Kier alpha value is -2.45. The zero-order chi connectivity index (χ0) is 20.3. The first kappa shape index (κ1) is 20.3. The average Bonchev–Trinajstić information content (AvgIpc) is 2.67. The van der Waals surface area contributed by atoms with Crippen LogP contribution in [-0.2, 0) is 10.0 Å². The summed E-state index contributed by atoms with van der Waals surface area (Å²) in [5.41, 5.74) is 0.634. The van der Waals surface area contributed by atoms with Crippen molar-refractivity contribution >= 4 is 15.9 Å². The van der Waals surface area contributed by atoms with E-state index in [0.29, 0.717) is 37.2 Å². The number of amides is 1. The van der Waals surface area contributed by atoms with Gasteiger partial charge in [-0.05, 0) is 55.7 Å². The van der Waals surface area contributed by atoms with Crippen molar-refractivity contribution in [2.45, 2.75) is 30.7 Å². The van der Waals surface area contributed by atoms with E-state index >= 15 is 0 Å². The fourth-order valence-corrected chi connectivity index (χ4v) is 4.87. The maximum absolute atomic E-state index is 13.8. The van der Waals surface area contributed by atoms with Gasteiger partial charge in [0, 0.05) is 19.1 Å². The standard InChI is InChI=1S/C20H23FN2O4S/c1-14-13-16(27-2)7-8-19(14)28(25,26)22-15-9-11-23(12-10-15)20(24)17-5-3-4-6-18(17)21/h3-8,13,15,22H,9-12H2,1-2H3. The van der Waals surface area contributed by atoms with Crippen LogP contribution in [0.2, 0.25) is 0 Å². The second kappa shape index (κ2) is 8.28. The minimum Gasteiger partial charge on any atom is -0.497 e. The molecule has 0 aliphatic carbocycles. The lowest BCUT2D eigenvalue weighted by Crippen LogP contribution is -2.46. The maximum Gasteiger partial charge on any atom is 0.256 e. The number of aryl methyl sites for hydroxylation is 1. The van der Waals surface area contributed by atoms with E-state index in [2.05, 4.69) is 4.72 Å². The molecule has 1 heterocycles. The molecule has 2 aromatic rings. The van der Waals surface area contributed by atoms with Gasteiger partial charge in [0.1, 0.15) is 11.6 Å². The van der Waals surface area contributed by atoms with Gasteiger partial charge in [0.25, 0.3) is 5.91 Å². The van der Waals surface area contributed by atoms with E-state index in [1.54, 1.807) is 30.0 Å². The number of benzene rings is 2. The summed E-state index contributed by atoms with van der Waals surface area (Å²) in [6.07, 6.45) is 0.934. The number of hydrogen-bond acceptors (Lipinski definition) is 4. The van der Waals surface area contributed by atoms with Crippen LogP contribution in [0.5, 0.6) is 5.75 Å². The SMILES string of the molecule is COc1ccc(S(=O)(=O)NC2CCN(C(=O)c3ccccc3F)CC2)c(C)c1. The second-order valence-electron chi connectivity index (χ2n) is 6.80. The summed E-state index contributed by atoms with van der Waals surface area (Å²) in [5.74, 6) is -0.327. The highest BCUT2D eigenvalue weighted by Gasteiger charge is 2.28. The Balaban J connectivity index is 1.64. The Labute approximate surface area is 164 Å². The third-order valence-electron chi connectivity index (χ3n) is 4.88. The number of nitrogens with one attached hydrogen (secondary N) is 1. The molecule has 1 N–H and O–H groups in total. The molecule has 0 aromatic heterocycles. The highest BCUT2D eigenvalue weighted by molar-refractivity contribution is 7.89. The molecule has 28 heavy (non-hydrogen) atoms. The minimum absolute atomic E-state index is 0.0374. The largest absolute Gasteiger partial charge is 0.497 e. The number of piperidine rings is 1. The molecule has 8 heteroatoms. The number of rotatable bonds is 5. The van der Waals surface area contributed by atoms with Crippen LogP contribution in [0.25, 0.3) is 0 Å². The van der Waals surface area contributed by atoms with Crippen molar-refractivity contribution in [3.63, 3.8) is 0 Å². The number of carbonyl (C=O) groups excluding carboxylic acids is 1. The number of nitrogens with zero attached hydrogens (tertiary/aromatic N) is 1. The van der Waals surface area contributed by atoms with Gasteiger partial charge in [-0.25, -0.2) is 17.5 Å². The fraction of sp³-hybridized carbons (Fsp3) is 0.350. The van der Waals surface area contributed by atoms with Crippen LogP contribution in [-0.4, -0.2) is 45.5 Å². The van der Waals surface area contributed by atoms with E-state index in [0.717, 1.165) is 0 Å². The second-order valence-corrected chi connectivity index (χ2v) is 8.48. The van der Waals surface area contributed by atoms with Crippen molar-refractivity contribution < 1.29 is 22.3 Å². The van der Waals surface area contributed by atoms with Gasteiger partial charge < -0.3 is 9.64 Å². The molecule has 0 atom stereocenters. The molecular formula is C20H23FN2O4S. The number of sulfonamides is 1. The first-order valence-electron chi connectivity index (χ1n) is 9.02. The lowest BCUT2D eigenvalue weighted by atomic mass is 10.0. The average molecular weight is 406 g/mol. The summed E-state index contributed by atoms with van der Waals surface area (Å²) in [5, 5.41) is 0. The third-order valence-corrected chi connectivity index (χ3v) is 6.56. The lowest BCUT2D eigenvalue weighted by Gasteiger charge is -2.32. The van der Waals surface area contributed by atoms with E-state index in [1.165, 1.54) is 31.4 Å². The van der Waals surface area contributed by atoms with Crippen LogP contribution in [0.1, 0.15) is 28.8 Å². The zero-order valence-corrected chi connectivity index (χ0v) is 16.6. The Morgan fingerprint density at radius 2 is 1.86 bits per heavy atom. The molecule has 1 amide bonds. The van der Waals surface area contributed by atoms with Crippen LogP contribution < -0.4 is 9.46 Å². The molecule has 1 aliphatic heterocycles. The highest BCUT2D eigenvalue weighted by Crippen LogP contribution is 2.23. The predicted octanol–water partition coefficient (Wildman–Crippen LogP) is 2.73. The summed E-state index contributed by atoms with van der Waals surface area (Å²) in [7, 11) is -2.16. The topological polar surface area (TPSA) is 75.7 Å². The van der Waals surface area contributed by atoms with Crippen molar-refractivity contribution in [3.8, 4) is 5.75 Å². The van der Waals surface area contributed by atoms with E-state index < -0.39 is 15.8 Å². The van der Waals surface area contributed by atoms with Crippen molar-refractivity contribution in [2.24, 2.45) is 0 Å². The number of likely N-dealkylation sites (tertiary alicyclic amines) is 1. The number of carbonyl (C=O) groups is 1. The van der Waals surface area contributed by atoms with Crippen molar-refractivity contribution in [1.82, 2.24) is 9.62 Å². The van der Waals surface area contributed by atoms with Crippen LogP contribution >= 0.6 is 0 Å². The van der Waals surface area contributed by atoms with Crippen LogP contribution in [0, 0.1) is 12.7 Å². The molecular weight excluding hydrogens is 383 g/mol. The fourth-order valence-electron chi connectivity index (χ4n) is 3.34. The molecule has 0 radical (unpaired) electrons. The van der Waals surface area contributed by atoms with Crippen LogP contribution in [0.4, 0.5) is 4.39 Å². The van der Waals surface area contributed by atoms with Gasteiger partial charge in [-0.3, -0.25) is 4.79 Å². The van der Waals surface area contributed by atoms with Crippen LogP contribution in [0.15, 0.2) is 47.4 Å². The summed E-state index contributed by atoms with van der Waals surface area (Å²) >= 11 is 0. The van der Waals surface area contributed by atoms with Gasteiger partial charge in [-0.2, -0.15) is 0 Å². The molecule has 2 aromatic carbocycles. The van der Waals surface area contributed by atoms with Gasteiger partial charge >= 0.3 is 0 Å². The molecule has 1 aliphatic rings. The van der Waals surface area contributed by atoms with E-state index in [1.807, 2.05) is 0 Å². The minimum atomic E-state index is -3.68. The molecule has 0 spiro atoms. The van der Waals surface area contributed by atoms with Crippen molar-refractivity contribution in [2.75, 3.05) is 20.2 Å². The maximum atomic E-state index is 13.8. The highest BCUT2D eigenvalue weighted by atomic mass is 32.2. The van der Waals surface area contributed by atoms with Crippen molar-refractivity contribution in [1.29, 1.82) is 0 Å². The molecule has 6 nitrogen and oxygen atoms in total. The Morgan fingerprint density at radius 1 is 1.18 bits per heavy atom. The summed E-state index contributed by atoms with van der Waals surface area (Å²) < 4.78 is 47.1. The van der Waals surface area contributed by atoms with Gasteiger partial charge in [0.15, 0.2) is 0 Å². The Morgan fingerprint density at radius 3 is 2.46 bits per heavy atom. The van der Waals surface area contributed by atoms with Gasteiger partial charge in [0.05, 0.1) is 17.6 Å². The number of ether oxygens (including phenoxy) is 1. The summed E-state index contributed by atoms with van der Waals surface area (Å²) in [6, 6.07) is 10.4. The smallest absolute Gasteiger partial charge is 0.256 e. The summed E-state index contributed by atoms with van der Waals surface area (Å²) in [6.45, 7) is 2.44. The zero-order valence-electron chi connectivity index (χ0n) is 15.8. The normalized spacial score (nSPS) is 15.5. The van der Waals surface area contributed by atoms with Gasteiger partial charge in [0.2, 0.25) is 10.0 Å². The monoisotopic (exact) mass is 406 g/mol. The Kier molecular flexibility index (Phi) is 6.00. The van der Waals surface area contributed by atoms with E-state index in [9.17, 15) is 17.6 Å². The number of halogens is 1. The lowest BCUT2D eigenvalue weighted by molar-refractivity contribution is 0.0706. The molecule has 150 valence electrons.